The zero-order valence-corrected chi connectivity index (χ0v) is 7.62. The predicted molar refractivity (Wildman–Crippen MR) is 46.4 cm³/mol. The van der Waals surface area contributed by atoms with E-state index in [1.165, 1.54) is 4.90 Å². The summed E-state index contributed by atoms with van der Waals surface area (Å²) in [5, 5.41) is 11.2. The van der Waals surface area contributed by atoms with Gasteiger partial charge in [-0.25, -0.2) is 4.79 Å². The molecular weight excluding hydrogens is 172 g/mol. The first-order valence-corrected chi connectivity index (χ1v) is 4.40. The summed E-state index contributed by atoms with van der Waals surface area (Å²) in [6.45, 7) is 2.34. The average molecular weight is 186 g/mol. The van der Waals surface area contributed by atoms with Crippen LogP contribution in [0.4, 0.5) is 4.79 Å². The number of hydrogen-bond donors (Lipinski definition) is 2. The zero-order chi connectivity index (χ0) is 9.84. The van der Waals surface area contributed by atoms with Crippen molar-refractivity contribution in [1.82, 2.24) is 10.2 Å². The van der Waals surface area contributed by atoms with Crippen molar-refractivity contribution in [2.45, 2.75) is 25.8 Å². The number of nitrogens with one attached hydrogen (secondary N) is 1. The highest BCUT2D eigenvalue weighted by molar-refractivity contribution is 5.81. The van der Waals surface area contributed by atoms with Crippen LogP contribution in [0.1, 0.15) is 19.8 Å². The maximum Gasteiger partial charge on any atom is 0.323 e. The van der Waals surface area contributed by atoms with Crippen molar-refractivity contribution in [3.63, 3.8) is 0 Å². The van der Waals surface area contributed by atoms with Gasteiger partial charge in [-0.05, 0) is 6.42 Å². The molecule has 1 atom stereocenters. The third-order valence-electron chi connectivity index (χ3n) is 2.02. The summed E-state index contributed by atoms with van der Waals surface area (Å²) in [6.07, 6.45) is 1.90. The molecule has 1 aliphatic rings. The Balaban J connectivity index is 2.41. The largest absolute Gasteiger partial charge is 0.480 e. The smallest absolute Gasteiger partial charge is 0.323 e. The van der Waals surface area contributed by atoms with Gasteiger partial charge in [-0.15, -0.1) is 0 Å². The van der Waals surface area contributed by atoms with Gasteiger partial charge in [-0.2, -0.15) is 0 Å². The monoisotopic (exact) mass is 186 g/mol. The molecule has 0 radical (unpaired) electrons. The molecule has 5 nitrogen and oxygen atoms in total. The molecule has 1 aliphatic heterocycles. The molecule has 0 aromatic heterocycles. The summed E-state index contributed by atoms with van der Waals surface area (Å²) >= 11 is 0. The van der Waals surface area contributed by atoms with Gasteiger partial charge in [-0.3, -0.25) is 4.79 Å². The molecule has 74 valence electrons. The van der Waals surface area contributed by atoms with Gasteiger partial charge in [-0.1, -0.05) is 13.3 Å². The fraction of sp³-hybridized carbons (Fsp3) is 0.750. The minimum atomic E-state index is -0.965. The van der Waals surface area contributed by atoms with Gasteiger partial charge in [0.15, 0.2) is 0 Å². The lowest BCUT2D eigenvalue weighted by Gasteiger charge is -2.10. The topological polar surface area (TPSA) is 69.6 Å². The van der Waals surface area contributed by atoms with Crippen molar-refractivity contribution in [1.29, 1.82) is 0 Å². The molecule has 0 aliphatic carbocycles. The lowest BCUT2D eigenvalue weighted by atomic mass is 10.2. The lowest BCUT2D eigenvalue weighted by Crippen LogP contribution is -2.32. The SMILES string of the molecule is CCCC1CN(CC(=O)O)C(=O)N1. The first-order chi connectivity index (χ1) is 6.13. The minimum Gasteiger partial charge on any atom is -0.480 e. The van der Waals surface area contributed by atoms with E-state index in [0.29, 0.717) is 6.54 Å². The number of urea groups is 1. The van der Waals surface area contributed by atoms with Crippen LogP contribution in [0.2, 0.25) is 0 Å². The second kappa shape index (κ2) is 4.11. The van der Waals surface area contributed by atoms with Crippen LogP contribution in [0.25, 0.3) is 0 Å². The Labute approximate surface area is 76.7 Å². The molecule has 2 amide bonds. The van der Waals surface area contributed by atoms with Crippen LogP contribution in [0, 0.1) is 0 Å². The lowest BCUT2D eigenvalue weighted by molar-refractivity contribution is -0.137. The fourth-order valence-electron chi connectivity index (χ4n) is 1.47. The maximum atomic E-state index is 11.1. The van der Waals surface area contributed by atoms with Crippen molar-refractivity contribution in [3.8, 4) is 0 Å². The van der Waals surface area contributed by atoms with Gasteiger partial charge in [0.2, 0.25) is 0 Å². The Kier molecular flexibility index (Phi) is 3.11. The van der Waals surface area contributed by atoms with Gasteiger partial charge >= 0.3 is 12.0 Å². The Bertz CT molecular complexity index is 217. The average Bonchev–Trinajstić information content (AvgIpc) is 2.31. The van der Waals surface area contributed by atoms with Crippen LogP contribution >= 0.6 is 0 Å². The van der Waals surface area contributed by atoms with Gasteiger partial charge in [0.05, 0.1) is 0 Å². The molecule has 1 heterocycles. The number of amides is 2. The maximum absolute atomic E-state index is 11.1. The molecule has 1 fully saturated rings. The third-order valence-corrected chi connectivity index (χ3v) is 2.02. The highest BCUT2D eigenvalue weighted by Crippen LogP contribution is 2.08. The summed E-state index contributed by atoms with van der Waals surface area (Å²) in [5.41, 5.74) is 0. The fourth-order valence-corrected chi connectivity index (χ4v) is 1.47. The first kappa shape index (κ1) is 9.83. The highest BCUT2D eigenvalue weighted by Gasteiger charge is 2.28. The van der Waals surface area contributed by atoms with E-state index >= 15 is 0 Å². The molecule has 0 aromatic rings. The number of carbonyl (C=O) groups excluding carboxylic acids is 1. The molecule has 2 N–H and O–H groups in total. The number of carboxylic acids is 1. The standard InChI is InChI=1S/C8H14N2O3/c1-2-3-6-4-10(5-7(11)12)8(13)9-6/h6H,2-5H2,1H3,(H,9,13)(H,11,12). The molecule has 0 spiro atoms. The van der Waals surface area contributed by atoms with E-state index in [1.54, 1.807) is 0 Å². The van der Waals surface area contributed by atoms with E-state index in [2.05, 4.69) is 5.32 Å². The van der Waals surface area contributed by atoms with Crippen LogP contribution in [-0.4, -0.2) is 41.1 Å². The van der Waals surface area contributed by atoms with E-state index in [9.17, 15) is 9.59 Å². The van der Waals surface area contributed by atoms with Crippen molar-refractivity contribution >= 4 is 12.0 Å². The van der Waals surface area contributed by atoms with Crippen LogP contribution in [0.3, 0.4) is 0 Å². The molecule has 1 saturated heterocycles. The van der Waals surface area contributed by atoms with E-state index in [1.807, 2.05) is 6.92 Å². The number of carboxylic acid groups (broad SMARTS) is 1. The molecule has 1 rings (SSSR count). The second-order valence-corrected chi connectivity index (χ2v) is 3.21. The van der Waals surface area contributed by atoms with Gasteiger partial charge in [0.1, 0.15) is 6.54 Å². The van der Waals surface area contributed by atoms with Gasteiger partial charge in [0, 0.05) is 12.6 Å². The second-order valence-electron chi connectivity index (χ2n) is 3.21. The number of aliphatic carboxylic acids is 1. The predicted octanol–water partition coefficient (Wildman–Crippen LogP) is 0.265. The molecule has 1 unspecified atom stereocenters. The molecule has 5 heteroatoms. The van der Waals surface area contributed by atoms with Crippen LogP contribution < -0.4 is 5.32 Å². The summed E-state index contributed by atoms with van der Waals surface area (Å²) in [6, 6.07) is -0.141. The summed E-state index contributed by atoms with van der Waals surface area (Å²) in [4.78, 5) is 22.8. The van der Waals surface area contributed by atoms with Crippen molar-refractivity contribution in [2.75, 3.05) is 13.1 Å². The number of rotatable bonds is 4. The molecular formula is C8H14N2O3. The number of carbonyl (C=O) groups is 2. The molecule has 13 heavy (non-hydrogen) atoms. The Morgan fingerprint density at radius 3 is 3.00 bits per heavy atom. The number of hydrogen-bond acceptors (Lipinski definition) is 2. The summed E-state index contributed by atoms with van der Waals surface area (Å²) < 4.78 is 0. The van der Waals surface area contributed by atoms with Crippen molar-refractivity contribution in [2.24, 2.45) is 0 Å². The quantitative estimate of drug-likeness (QED) is 0.661. The first-order valence-electron chi connectivity index (χ1n) is 4.40. The zero-order valence-electron chi connectivity index (χ0n) is 7.62. The van der Waals surface area contributed by atoms with E-state index < -0.39 is 5.97 Å². The van der Waals surface area contributed by atoms with E-state index in [-0.39, 0.29) is 18.6 Å². The molecule has 0 saturated carbocycles. The van der Waals surface area contributed by atoms with Crippen LogP contribution in [-0.2, 0) is 4.79 Å². The van der Waals surface area contributed by atoms with Crippen molar-refractivity contribution in [3.05, 3.63) is 0 Å². The Morgan fingerprint density at radius 1 is 1.77 bits per heavy atom. The summed E-state index contributed by atoms with van der Waals surface area (Å²) in [7, 11) is 0. The molecule has 0 aromatic carbocycles. The minimum absolute atomic E-state index is 0.122. The summed E-state index contributed by atoms with van der Waals surface area (Å²) in [5.74, 6) is -0.965. The van der Waals surface area contributed by atoms with Crippen LogP contribution in [0.15, 0.2) is 0 Å². The Hall–Kier alpha value is -1.26. The molecule has 0 bridgehead atoms. The van der Waals surface area contributed by atoms with E-state index in [4.69, 9.17) is 5.11 Å². The highest BCUT2D eigenvalue weighted by atomic mass is 16.4. The third kappa shape index (κ3) is 2.61. The Morgan fingerprint density at radius 2 is 2.46 bits per heavy atom. The van der Waals surface area contributed by atoms with Gasteiger partial charge in [0.25, 0.3) is 0 Å². The van der Waals surface area contributed by atoms with Crippen molar-refractivity contribution < 1.29 is 14.7 Å². The van der Waals surface area contributed by atoms with E-state index in [0.717, 1.165) is 12.8 Å². The van der Waals surface area contributed by atoms with Gasteiger partial charge < -0.3 is 15.3 Å². The number of nitrogens with zero attached hydrogens (tertiary/aromatic N) is 1. The van der Waals surface area contributed by atoms with Crippen LogP contribution in [0.5, 0.6) is 0 Å². The normalized spacial score (nSPS) is 21.8.